The van der Waals surface area contributed by atoms with Gasteiger partial charge in [-0.2, -0.15) is 8.78 Å². The van der Waals surface area contributed by atoms with E-state index in [-0.39, 0.29) is 11.3 Å². The van der Waals surface area contributed by atoms with Crippen LogP contribution in [0.1, 0.15) is 15.9 Å². The second-order valence-corrected chi connectivity index (χ2v) is 5.01. The number of aldehydes is 1. The molecule has 0 aliphatic rings. The second kappa shape index (κ2) is 6.13. The van der Waals surface area contributed by atoms with Crippen LogP contribution in [0.25, 0.3) is 0 Å². The molecule has 2 rings (SSSR count). The van der Waals surface area contributed by atoms with E-state index in [0.717, 1.165) is 0 Å². The van der Waals surface area contributed by atoms with Gasteiger partial charge in [-0.25, -0.2) is 0 Å². The predicted octanol–water partition coefficient (Wildman–Crippen LogP) is 4.43. The quantitative estimate of drug-likeness (QED) is 0.752. The highest BCUT2D eigenvalue weighted by molar-refractivity contribution is 9.10. The van der Waals surface area contributed by atoms with E-state index in [2.05, 4.69) is 15.9 Å². The number of hydrogen-bond donors (Lipinski definition) is 0. The molecule has 0 heterocycles. The SMILES string of the molecule is O=Cc1cc(OCC(F)(F)c2ccccc2)ccc1Br. The standard InChI is InChI=1S/C15H11BrF2O2/c16-14-7-6-13(8-11(14)9-19)20-10-15(17,18)12-4-2-1-3-5-12/h1-9H,10H2. The van der Waals surface area contributed by atoms with Crippen LogP contribution < -0.4 is 4.74 Å². The molecule has 0 saturated heterocycles. The lowest BCUT2D eigenvalue weighted by Crippen LogP contribution is -2.23. The first-order valence-electron chi connectivity index (χ1n) is 5.84. The molecule has 0 aromatic heterocycles. The molecule has 2 nitrogen and oxygen atoms in total. The van der Waals surface area contributed by atoms with Crippen molar-refractivity contribution < 1.29 is 18.3 Å². The highest BCUT2D eigenvalue weighted by Gasteiger charge is 2.32. The molecule has 0 aliphatic heterocycles. The van der Waals surface area contributed by atoms with Gasteiger partial charge >= 0.3 is 5.92 Å². The van der Waals surface area contributed by atoms with Crippen molar-refractivity contribution >= 4 is 22.2 Å². The Balaban J connectivity index is 2.10. The minimum absolute atomic E-state index is 0.104. The zero-order valence-electron chi connectivity index (χ0n) is 10.4. The number of hydrogen-bond acceptors (Lipinski definition) is 2. The van der Waals surface area contributed by atoms with Crippen molar-refractivity contribution in [2.75, 3.05) is 6.61 Å². The fraction of sp³-hybridized carbons (Fsp3) is 0.133. The Bertz CT molecular complexity index is 600. The van der Waals surface area contributed by atoms with Gasteiger partial charge in [0, 0.05) is 15.6 Å². The number of carbonyl (C=O) groups excluding carboxylic acids is 1. The molecule has 2 aromatic carbocycles. The molecule has 0 bridgehead atoms. The van der Waals surface area contributed by atoms with E-state index >= 15 is 0 Å². The number of halogens is 3. The van der Waals surface area contributed by atoms with Crippen molar-refractivity contribution in [2.24, 2.45) is 0 Å². The Morgan fingerprint density at radius 1 is 1.15 bits per heavy atom. The molecule has 0 aliphatic carbocycles. The van der Waals surface area contributed by atoms with Crippen LogP contribution in [0.2, 0.25) is 0 Å². The van der Waals surface area contributed by atoms with Crippen LogP contribution in [0.15, 0.2) is 53.0 Å². The van der Waals surface area contributed by atoms with E-state index in [9.17, 15) is 13.6 Å². The summed E-state index contributed by atoms with van der Waals surface area (Å²) in [6, 6.07) is 12.0. The second-order valence-electron chi connectivity index (χ2n) is 4.16. The normalized spacial score (nSPS) is 11.2. The summed E-state index contributed by atoms with van der Waals surface area (Å²) in [7, 11) is 0. The Morgan fingerprint density at radius 2 is 1.85 bits per heavy atom. The van der Waals surface area contributed by atoms with Gasteiger partial charge in [-0.1, -0.05) is 46.3 Å². The summed E-state index contributed by atoms with van der Waals surface area (Å²) >= 11 is 3.18. The average Bonchev–Trinajstić information content (AvgIpc) is 2.47. The first-order valence-corrected chi connectivity index (χ1v) is 6.63. The first-order chi connectivity index (χ1) is 9.53. The van der Waals surface area contributed by atoms with Crippen molar-refractivity contribution in [1.29, 1.82) is 0 Å². The lowest BCUT2D eigenvalue weighted by molar-refractivity contribution is -0.0467. The van der Waals surface area contributed by atoms with E-state index in [1.807, 2.05) is 0 Å². The number of ether oxygens (including phenoxy) is 1. The third kappa shape index (κ3) is 3.42. The molecule has 0 amide bonds. The van der Waals surface area contributed by atoms with E-state index in [1.165, 1.54) is 24.3 Å². The van der Waals surface area contributed by atoms with Gasteiger partial charge in [0.2, 0.25) is 0 Å². The lowest BCUT2D eigenvalue weighted by atomic mass is 10.1. The van der Waals surface area contributed by atoms with Crippen LogP contribution in [-0.2, 0) is 5.92 Å². The molecular formula is C15H11BrF2O2. The molecule has 0 spiro atoms. The molecule has 104 valence electrons. The number of rotatable bonds is 5. The van der Waals surface area contributed by atoms with E-state index in [0.29, 0.717) is 16.3 Å². The Morgan fingerprint density at radius 3 is 2.50 bits per heavy atom. The summed E-state index contributed by atoms with van der Waals surface area (Å²) in [5, 5.41) is 0. The minimum Gasteiger partial charge on any atom is -0.487 e. The molecule has 2 aromatic rings. The van der Waals surface area contributed by atoms with Gasteiger partial charge in [0.05, 0.1) is 0 Å². The zero-order chi connectivity index (χ0) is 14.6. The fourth-order valence-corrected chi connectivity index (χ4v) is 1.98. The third-order valence-corrected chi connectivity index (χ3v) is 3.43. The van der Waals surface area contributed by atoms with E-state index in [1.54, 1.807) is 24.3 Å². The van der Waals surface area contributed by atoms with Crippen LogP contribution in [-0.4, -0.2) is 12.9 Å². The van der Waals surface area contributed by atoms with Crippen molar-refractivity contribution in [3.05, 3.63) is 64.1 Å². The average molecular weight is 341 g/mol. The topological polar surface area (TPSA) is 26.3 Å². The van der Waals surface area contributed by atoms with E-state index < -0.39 is 12.5 Å². The van der Waals surface area contributed by atoms with Gasteiger partial charge in [0.15, 0.2) is 12.9 Å². The molecule has 0 radical (unpaired) electrons. The molecule has 0 unspecified atom stereocenters. The molecule has 0 saturated carbocycles. The molecule has 0 fully saturated rings. The number of benzene rings is 2. The Hall–Kier alpha value is -1.75. The molecule has 20 heavy (non-hydrogen) atoms. The van der Waals surface area contributed by atoms with Crippen LogP contribution >= 0.6 is 15.9 Å². The zero-order valence-corrected chi connectivity index (χ0v) is 11.9. The van der Waals surface area contributed by atoms with Crippen LogP contribution in [0, 0.1) is 0 Å². The van der Waals surface area contributed by atoms with Crippen LogP contribution in [0.4, 0.5) is 8.78 Å². The highest BCUT2D eigenvalue weighted by atomic mass is 79.9. The molecule has 0 N–H and O–H groups in total. The van der Waals surface area contributed by atoms with Gasteiger partial charge in [-0.05, 0) is 18.2 Å². The molecule has 5 heteroatoms. The molecule has 0 atom stereocenters. The van der Waals surface area contributed by atoms with E-state index in [4.69, 9.17) is 4.74 Å². The van der Waals surface area contributed by atoms with Gasteiger partial charge < -0.3 is 4.74 Å². The minimum atomic E-state index is -3.09. The predicted molar refractivity (Wildman–Crippen MR) is 75.4 cm³/mol. The Labute approximate surface area is 123 Å². The van der Waals surface area contributed by atoms with Gasteiger partial charge in [-0.15, -0.1) is 0 Å². The summed E-state index contributed by atoms with van der Waals surface area (Å²) in [4.78, 5) is 10.8. The largest absolute Gasteiger partial charge is 0.487 e. The maximum Gasteiger partial charge on any atom is 0.306 e. The van der Waals surface area contributed by atoms with Gasteiger partial charge in [0.1, 0.15) is 5.75 Å². The summed E-state index contributed by atoms with van der Waals surface area (Å²) in [5.41, 5.74) is 0.248. The molecular weight excluding hydrogens is 330 g/mol. The summed E-state index contributed by atoms with van der Waals surface area (Å²) in [6.45, 7) is -0.781. The maximum atomic E-state index is 13.9. The maximum absolute atomic E-state index is 13.9. The van der Waals surface area contributed by atoms with Crippen molar-refractivity contribution in [1.82, 2.24) is 0 Å². The summed E-state index contributed by atoms with van der Waals surface area (Å²) in [6.07, 6.45) is 0.631. The third-order valence-electron chi connectivity index (χ3n) is 2.71. The number of carbonyl (C=O) groups is 1. The summed E-state index contributed by atoms with van der Waals surface area (Å²) < 4.78 is 33.5. The number of alkyl halides is 2. The summed E-state index contributed by atoms with van der Waals surface area (Å²) in [5.74, 6) is -2.86. The fourth-order valence-electron chi connectivity index (χ4n) is 1.64. The monoisotopic (exact) mass is 340 g/mol. The van der Waals surface area contributed by atoms with Crippen molar-refractivity contribution in [3.63, 3.8) is 0 Å². The Kier molecular flexibility index (Phi) is 4.49. The van der Waals surface area contributed by atoms with Crippen LogP contribution in [0.3, 0.4) is 0 Å². The first kappa shape index (κ1) is 14.7. The highest BCUT2D eigenvalue weighted by Crippen LogP contribution is 2.29. The van der Waals surface area contributed by atoms with Gasteiger partial charge in [0.25, 0.3) is 0 Å². The van der Waals surface area contributed by atoms with Crippen LogP contribution in [0.5, 0.6) is 5.75 Å². The van der Waals surface area contributed by atoms with Crippen molar-refractivity contribution in [3.8, 4) is 5.75 Å². The smallest absolute Gasteiger partial charge is 0.306 e. The van der Waals surface area contributed by atoms with Crippen molar-refractivity contribution in [2.45, 2.75) is 5.92 Å². The van der Waals surface area contributed by atoms with Gasteiger partial charge in [-0.3, -0.25) is 4.79 Å². The lowest BCUT2D eigenvalue weighted by Gasteiger charge is -2.17.